The van der Waals surface area contributed by atoms with E-state index in [0.717, 1.165) is 32.1 Å². The predicted octanol–water partition coefficient (Wildman–Crippen LogP) is 1.21. The molecule has 0 bridgehead atoms. The number of amides is 1. The maximum Gasteiger partial charge on any atom is 0.220 e. The van der Waals surface area contributed by atoms with Crippen LogP contribution in [-0.2, 0) is 4.79 Å². The SMILES string of the molecule is CCCCCC(=O)NC(C(N)=NO)C1CC1. The highest BCUT2D eigenvalue weighted by atomic mass is 16.4. The van der Waals surface area contributed by atoms with E-state index < -0.39 is 0 Å². The van der Waals surface area contributed by atoms with Gasteiger partial charge < -0.3 is 16.3 Å². The molecule has 16 heavy (non-hydrogen) atoms. The van der Waals surface area contributed by atoms with Gasteiger partial charge in [-0.2, -0.15) is 0 Å². The Hall–Kier alpha value is -1.26. The van der Waals surface area contributed by atoms with E-state index >= 15 is 0 Å². The van der Waals surface area contributed by atoms with Crippen LogP contribution in [0, 0.1) is 5.92 Å². The van der Waals surface area contributed by atoms with Gasteiger partial charge in [0.25, 0.3) is 0 Å². The number of carbonyl (C=O) groups excluding carboxylic acids is 1. The van der Waals surface area contributed by atoms with Gasteiger partial charge in [0.2, 0.25) is 5.91 Å². The molecule has 5 heteroatoms. The summed E-state index contributed by atoms with van der Waals surface area (Å²) < 4.78 is 0. The molecular weight excluding hydrogens is 206 g/mol. The lowest BCUT2D eigenvalue weighted by molar-refractivity contribution is -0.121. The minimum absolute atomic E-state index is 0.00282. The second-order valence-corrected chi connectivity index (χ2v) is 4.36. The molecule has 1 unspecified atom stereocenters. The van der Waals surface area contributed by atoms with Crippen molar-refractivity contribution in [3.8, 4) is 0 Å². The normalized spacial score (nSPS) is 18.2. The Kier molecular flexibility index (Phi) is 5.08. The van der Waals surface area contributed by atoms with E-state index in [1.54, 1.807) is 0 Å². The fourth-order valence-corrected chi connectivity index (χ4v) is 1.71. The van der Waals surface area contributed by atoms with E-state index in [9.17, 15) is 4.79 Å². The molecule has 1 fully saturated rings. The Labute approximate surface area is 96.1 Å². The van der Waals surface area contributed by atoms with Gasteiger partial charge in [0.05, 0.1) is 6.04 Å². The van der Waals surface area contributed by atoms with Crippen LogP contribution in [0.3, 0.4) is 0 Å². The summed E-state index contributed by atoms with van der Waals surface area (Å²) in [7, 11) is 0. The average molecular weight is 227 g/mol. The van der Waals surface area contributed by atoms with Gasteiger partial charge in [0.1, 0.15) is 0 Å². The largest absolute Gasteiger partial charge is 0.409 e. The Morgan fingerprint density at radius 1 is 1.56 bits per heavy atom. The quantitative estimate of drug-likeness (QED) is 0.201. The number of oxime groups is 1. The molecule has 0 aromatic heterocycles. The molecule has 0 aromatic carbocycles. The molecule has 1 rings (SSSR count). The number of unbranched alkanes of at least 4 members (excludes halogenated alkanes) is 2. The standard InChI is InChI=1S/C11H21N3O2/c1-2-3-4-5-9(15)13-10(8-6-7-8)11(12)14-16/h8,10,16H,2-7H2,1H3,(H2,12,14)(H,13,15). The molecule has 1 aliphatic rings. The van der Waals surface area contributed by atoms with Crippen LogP contribution in [0.2, 0.25) is 0 Å². The minimum atomic E-state index is -0.279. The summed E-state index contributed by atoms with van der Waals surface area (Å²) in [5, 5.41) is 14.4. The zero-order valence-corrected chi connectivity index (χ0v) is 9.78. The van der Waals surface area contributed by atoms with Crippen LogP contribution >= 0.6 is 0 Å². The summed E-state index contributed by atoms with van der Waals surface area (Å²) in [6, 6.07) is -0.279. The van der Waals surface area contributed by atoms with Gasteiger partial charge in [0, 0.05) is 6.42 Å². The van der Waals surface area contributed by atoms with Crippen LogP contribution < -0.4 is 11.1 Å². The topological polar surface area (TPSA) is 87.7 Å². The highest BCUT2D eigenvalue weighted by Crippen LogP contribution is 2.32. The number of nitrogens with zero attached hydrogens (tertiary/aromatic N) is 1. The van der Waals surface area contributed by atoms with Gasteiger partial charge in [-0.25, -0.2) is 0 Å². The molecule has 0 saturated heterocycles. The van der Waals surface area contributed by atoms with Crippen molar-refractivity contribution < 1.29 is 10.0 Å². The van der Waals surface area contributed by atoms with Gasteiger partial charge in [-0.15, -0.1) is 0 Å². The maximum absolute atomic E-state index is 11.6. The number of hydrogen-bond donors (Lipinski definition) is 3. The van der Waals surface area contributed by atoms with Crippen LogP contribution in [0.1, 0.15) is 45.4 Å². The summed E-state index contributed by atoms with van der Waals surface area (Å²) in [6.45, 7) is 2.10. The summed E-state index contributed by atoms with van der Waals surface area (Å²) in [6.07, 6.45) is 5.66. The molecule has 1 atom stereocenters. The zero-order valence-electron chi connectivity index (χ0n) is 9.78. The second-order valence-electron chi connectivity index (χ2n) is 4.36. The fraction of sp³-hybridized carbons (Fsp3) is 0.818. The van der Waals surface area contributed by atoms with Crippen molar-refractivity contribution in [2.24, 2.45) is 16.8 Å². The molecule has 0 radical (unpaired) electrons. The highest BCUT2D eigenvalue weighted by Gasteiger charge is 2.35. The van der Waals surface area contributed by atoms with Crippen molar-refractivity contribution in [2.45, 2.75) is 51.5 Å². The number of rotatable bonds is 7. The van der Waals surface area contributed by atoms with Crippen molar-refractivity contribution in [1.29, 1.82) is 0 Å². The lowest BCUT2D eigenvalue weighted by atomic mass is 10.1. The summed E-state index contributed by atoms with van der Waals surface area (Å²) in [5.74, 6) is 0.467. The van der Waals surface area contributed by atoms with E-state index in [2.05, 4.69) is 17.4 Å². The van der Waals surface area contributed by atoms with Crippen LogP contribution in [0.25, 0.3) is 0 Å². The fourth-order valence-electron chi connectivity index (χ4n) is 1.71. The van der Waals surface area contributed by atoms with E-state index in [1.807, 2.05) is 0 Å². The molecule has 4 N–H and O–H groups in total. The van der Waals surface area contributed by atoms with Gasteiger partial charge in [0.15, 0.2) is 5.84 Å². The Bertz CT molecular complexity index is 262. The monoisotopic (exact) mass is 227 g/mol. The van der Waals surface area contributed by atoms with Crippen molar-refractivity contribution in [2.75, 3.05) is 0 Å². The molecule has 1 aliphatic carbocycles. The number of amidine groups is 1. The number of nitrogens with one attached hydrogen (secondary N) is 1. The van der Waals surface area contributed by atoms with Crippen molar-refractivity contribution in [1.82, 2.24) is 5.32 Å². The molecular formula is C11H21N3O2. The number of hydrogen-bond acceptors (Lipinski definition) is 3. The maximum atomic E-state index is 11.6. The average Bonchev–Trinajstić information content (AvgIpc) is 3.09. The van der Waals surface area contributed by atoms with Gasteiger partial charge in [-0.3, -0.25) is 4.79 Å². The predicted molar refractivity (Wildman–Crippen MR) is 62.2 cm³/mol. The molecule has 0 spiro atoms. The van der Waals surface area contributed by atoms with Gasteiger partial charge in [-0.05, 0) is 25.2 Å². The molecule has 92 valence electrons. The Morgan fingerprint density at radius 3 is 2.75 bits per heavy atom. The second kappa shape index (κ2) is 6.35. The minimum Gasteiger partial charge on any atom is -0.409 e. The van der Waals surface area contributed by atoms with Crippen LogP contribution in [0.5, 0.6) is 0 Å². The Balaban J connectivity index is 2.33. The smallest absolute Gasteiger partial charge is 0.220 e. The third-order valence-corrected chi connectivity index (χ3v) is 2.85. The number of nitrogens with two attached hydrogens (primary N) is 1. The molecule has 1 saturated carbocycles. The van der Waals surface area contributed by atoms with Crippen molar-refractivity contribution >= 4 is 11.7 Å². The van der Waals surface area contributed by atoms with E-state index in [-0.39, 0.29) is 17.8 Å². The highest BCUT2D eigenvalue weighted by molar-refractivity contribution is 5.90. The molecule has 1 amide bonds. The third-order valence-electron chi connectivity index (χ3n) is 2.85. The number of carbonyl (C=O) groups is 1. The first-order valence-corrected chi connectivity index (χ1v) is 5.95. The Morgan fingerprint density at radius 2 is 2.25 bits per heavy atom. The van der Waals surface area contributed by atoms with Crippen LogP contribution in [0.4, 0.5) is 0 Å². The first kappa shape index (κ1) is 12.8. The first-order chi connectivity index (χ1) is 7.69. The van der Waals surface area contributed by atoms with E-state index in [0.29, 0.717) is 12.3 Å². The zero-order chi connectivity index (χ0) is 12.0. The van der Waals surface area contributed by atoms with Gasteiger partial charge >= 0.3 is 0 Å². The van der Waals surface area contributed by atoms with E-state index in [1.165, 1.54) is 0 Å². The third kappa shape index (κ3) is 4.08. The molecule has 5 nitrogen and oxygen atoms in total. The van der Waals surface area contributed by atoms with Gasteiger partial charge in [-0.1, -0.05) is 24.9 Å². The summed E-state index contributed by atoms with van der Waals surface area (Å²) in [5.41, 5.74) is 5.55. The van der Waals surface area contributed by atoms with Crippen LogP contribution in [0.15, 0.2) is 5.16 Å². The lowest BCUT2D eigenvalue weighted by Crippen LogP contribution is -2.46. The molecule has 0 aromatic rings. The first-order valence-electron chi connectivity index (χ1n) is 5.95. The summed E-state index contributed by atoms with van der Waals surface area (Å²) >= 11 is 0. The van der Waals surface area contributed by atoms with Crippen molar-refractivity contribution in [3.63, 3.8) is 0 Å². The summed E-state index contributed by atoms with van der Waals surface area (Å²) in [4.78, 5) is 11.6. The lowest BCUT2D eigenvalue weighted by Gasteiger charge is -2.16. The molecule has 0 heterocycles. The van der Waals surface area contributed by atoms with E-state index in [4.69, 9.17) is 10.9 Å². The van der Waals surface area contributed by atoms with Crippen molar-refractivity contribution in [3.05, 3.63) is 0 Å². The molecule has 0 aliphatic heterocycles. The van der Waals surface area contributed by atoms with Crippen LogP contribution in [-0.4, -0.2) is 23.0 Å².